The van der Waals surface area contributed by atoms with Crippen LogP contribution in [0.15, 0.2) is 23.1 Å². The van der Waals surface area contributed by atoms with Crippen molar-refractivity contribution >= 4 is 33.0 Å². The first kappa shape index (κ1) is 16.8. The van der Waals surface area contributed by atoms with Crippen molar-refractivity contribution < 1.29 is 8.42 Å². The Hall–Kier alpha value is -0.290. The van der Waals surface area contributed by atoms with E-state index in [0.29, 0.717) is 18.0 Å². The minimum absolute atomic E-state index is 0.0164. The number of hydrogen-bond acceptors (Lipinski definition) is 3. The quantitative estimate of drug-likeness (QED) is 0.843. The molecule has 0 amide bonds. The summed E-state index contributed by atoms with van der Waals surface area (Å²) in [5.74, 6) is 0.0517. The second-order valence-electron chi connectivity index (χ2n) is 5.42. The standard InChI is InChI=1S/C13H19Cl2NO2S/c1-13(2,3)16-7-4-8-19(17,18)12-9-10(14)5-6-11(12)15/h5-6,9,16H,4,7-8H2,1-3H3. The zero-order valence-corrected chi connectivity index (χ0v) is 13.7. The van der Waals surface area contributed by atoms with Crippen LogP contribution in [-0.4, -0.2) is 26.3 Å². The summed E-state index contributed by atoms with van der Waals surface area (Å²) in [6, 6.07) is 4.48. The van der Waals surface area contributed by atoms with Crippen molar-refractivity contribution in [3.63, 3.8) is 0 Å². The van der Waals surface area contributed by atoms with Crippen LogP contribution in [0.25, 0.3) is 0 Å². The lowest BCUT2D eigenvalue weighted by Crippen LogP contribution is -2.36. The van der Waals surface area contributed by atoms with Gasteiger partial charge >= 0.3 is 0 Å². The molecule has 0 aliphatic heterocycles. The Balaban J connectivity index is 2.69. The molecule has 0 radical (unpaired) electrons. The van der Waals surface area contributed by atoms with Gasteiger partial charge in [0.05, 0.1) is 15.7 Å². The van der Waals surface area contributed by atoms with Gasteiger partial charge < -0.3 is 5.32 Å². The van der Waals surface area contributed by atoms with Crippen LogP contribution < -0.4 is 5.32 Å². The molecule has 108 valence electrons. The van der Waals surface area contributed by atoms with Crippen molar-refractivity contribution in [2.75, 3.05) is 12.3 Å². The fourth-order valence-corrected chi connectivity index (χ4v) is 3.67. The highest BCUT2D eigenvalue weighted by atomic mass is 35.5. The Labute approximate surface area is 125 Å². The van der Waals surface area contributed by atoms with Gasteiger partial charge in [0, 0.05) is 10.6 Å². The maximum Gasteiger partial charge on any atom is 0.179 e. The van der Waals surface area contributed by atoms with Gasteiger partial charge in [0.15, 0.2) is 9.84 Å². The first-order valence-electron chi connectivity index (χ1n) is 6.05. The van der Waals surface area contributed by atoms with Crippen molar-refractivity contribution in [3.8, 4) is 0 Å². The number of benzene rings is 1. The second kappa shape index (κ2) is 6.44. The largest absolute Gasteiger partial charge is 0.312 e. The molecule has 0 spiro atoms. The van der Waals surface area contributed by atoms with Crippen molar-refractivity contribution in [2.45, 2.75) is 37.6 Å². The Morgan fingerprint density at radius 1 is 1.21 bits per heavy atom. The third-order valence-electron chi connectivity index (χ3n) is 2.47. The van der Waals surface area contributed by atoms with Gasteiger partial charge in [-0.25, -0.2) is 8.42 Å². The van der Waals surface area contributed by atoms with E-state index in [1.807, 2.05) is 20.8 Å². The zero-order chi connectivity index (χ0) is 14.7. The van der Waals surface area contributed by atoms with Crippen LogP contribution in [0.5, 0.6) is 0 Å². The zero-order valence-electron chi connectivity index (χ0n) is 11.3. The molecule has 1 N–H and O–H groups in total. The number of halogens is 2. The molecule has 0 aliphatic rings. The van der Waals surface area contributed by atoms with E-state index in [0.717, 1.165) is 0 Å². The van der Waals surface area contributed by atoms with Gasteiger partial charge in [-0.05, 0) is 51.9 Å². The van der Waals surface area contributed by atoms with E-state index in [9.17, 15) is 8.42 Å². The summed E-state index contributed by atoms with van der Waals surface area (Å²) in [5, 5.41) is 3.84. The Morgan fingerprint density at radius 3 is 2.42 bits per heavy atom. The highest BCUT2D eigenvalue weighted by molar-refractivity contribution is 7.91. The summed E-state index contributed by atoms with van der Waals surface area (Å²) in [5.41, 5.74) is -0.0164. The van der Waals surface area contributed by atoms with Crippen molar-refractivity contribution in [2.24, 2.45) is 0 Å². The molecule has 0 aliphatic carbocycles. The number of rotatable bonds is 5. The highest BCUT2D eigenvalue weighted by Crippen LogP contribution is 2.26. The minimum atomic E-state index is -3.39. The number of sulfone groups is 1. The van der Waals surface area contributed by atoms with Crippen molar-refractivity contribution in [3.05, 3.63) is 28.2 Å². The van der Waals surface area contributed by atoms with E-state index in [1.165, 1.54) is 12.1 Å². The normalized spacial score (nSPS) is 12.7. The topological polar surface area (TPSA) is 46.2 Å². The predicted molar refractivity (Wildman–Crippen MR) is 80.9 cm³/mol. The summed E-state index contributed by atoms with van der Waals surface area (Å²) >= 11 is 11.7. The molecule has 0 fully saturated rings. The molecule has 19 heavy (non-hydrogen) atoms. The smallest absolute Gasteiger partial charge is 0.179 e. The molecule has 0 heterocycles. The van der Waals surface area contributed by atoms with Crippen LogP contribution in [0.2, 0.25) is 10.0 Å². The van der Waals surface area contributed by atoms with Crippen LogP contribution in [0, 0.1) is 0 Å². The summed E-state index contributed by atoms with van der Waals surface area (Å²) in [6.45, 7) is 6.75. The molecule has 0 saturated heterocycles. The number of nitrogens with one attached hydrogen (secondary N) is 1. The summed E-state index contributed by atoms with van der Waals surface area (Å²) < 4.78 is 24.3. The van der Waals surface area contributed by atoms with Gasteiger partial charge in [-0.1, -0.05) is 23.2 Å². The monoisotopic (exact) mass is 323 g/mol. The van der Waals surface area contributed by atoms with Crippen LogP contribution >= 0.6 is 23.2 Å². The van der Waals surface area contributed by atoms with E-state index in [1.54, 1.807) is 6.07 Å². The van der Waals surface area contributed by atoms with E-state index >= 15 is 0 Å². The lowest BCUT2D eigenvalue weighted by atomic mass is 10.1. The Bertz CT molecular complexity index is 536. The summed E-state index contributed by atoms with van der Waals surface area (Å²) in [4.78, 5) is 0.109. The van der Waals surface area contributed by atoms with Crippen LogP contribution in [-0.2, 0) is 9.84 Å². The van der Waals surface area contributed by atoms with Crippen LogP contribution in [0.1, 0.15) is 27.2 Å². The summed E-state index contributed by atoms with van der Waals surface area (Å²) in [7, 11) is -3.39. The lowest BCUT2D eigenvalue weighted by molar-refractivity contribution is 0.426. The maximum absolute atomic E-state index is 12.2. The van der Waals surface area contributed by atoms with Gasteiger partial charge in [-0.2, -0.15) is 0 Å². The first-order valence-corrected chi connectivity index (χ1v) is 8.45. The van der Waals surface area contributed by atoms with Gasteiger partial charge in [0.2, 0.25) is 0 Å². The fourth-order valence-electron chi connectivity index (χ4n) is 1.55. The lowest BCUT2D eigenvalue weighted by Gasteiger charge is -2.20. The van der Waals surface area contributed by atoms with E-state index in [-0.39, 0.29) is 21.2 Å². The predicted octanol–water partition coefficient (Wildman–Crippen LogP) is 3.55. The Kier molecular flexibility index (Phi) is 5.68. The van der Waals surface area contributed by atoms with Crippen molar-refractivity contribution in [1.29, 1.82) is 0 Å². The number of hydrogen-bond donors (Lipinski definition) is 1. The third kappa shape index (κ3) is 5.69. The molecule has 1 rings (SSSR count). The molecule has 0 saturated carbocycles. The van der Waals surface area contributed by atoms with Gasteiger partial charge in [-0.3, -0.25) is 0 Å². The average molecular weight is 324 g/mol. The van der Waals surface area contributed by atoms with Gasteiger partial charge in [0.25, 0.3) is 0 Å². The molecule has 0 atom stereocenters. The molecule has 0 aromatic heterocycles. The molecule has 1 aromatic carbocycles. The molecule has 6 heteroatoms. The molecule has 1 aromatic rings. The van der Waals surface area contributed by atoms with E-state index in [2.05, 4.69) is 5.32 Å². The molecule has 0 unspecified atom stereocenters. The third-order valence-corrected chi connectivity index (χ3v) is 4.98. The van der Waals surface area contributed by atoms with Gasteiger partial charge in [-0.15, -0.1) is 0 Å². The second-order valence-corrected chi connectivity index (χ2v) is 8.35. The Morgan fingerprint density at radius 2 is 1.84 bits per heavy atom. The fraction of sp³-hybridized carbons (Fsp3) is 0.538. The average Bonchev–Trinajstić information content (AvgIpc) is 2.26. The maximum atomic E-state index is 12.2. The molecular weight excluding hydrogens is 305 g/mol. The highest BCUT2D eigenvalue weighted by Gasteiger charge is 2.18. The van der Waals surface area contributed by atoms with E-state index < -0.39 is 9.84 Å². The van der Waals surface area contributed by atoms with E-state index in [4.69, 9.17) is 23.2 Å². The van der Waals surface area contributed by atoms with Gasteiger partial charge in [0.1, 0.15) is 0 Å². The van der Waals surface area contributed by atoms with Crippen LogP contribution in [0.4, 0.5) is 0 Å². The summed E-state index contributed by atoms with van der Waals surface area (Å²) in [6.07, 6.45) is 0.530. The molecule has 3 nitrogen and oxygen atoms in total. The minimum Gasteiger partial charge on any atom is -0.312 e. The SMILES string of the molecule is CC(C)(C)NCCCS(=O)(=O)c1cc(Cl)ccc1Cl. The molecular formula is C13H19Cl2NO2S. The van der Waals surface area contributed by atoms with Crippen molar-refractivity contribution in [1.82, 2.24) is 5.32 Å². The molecule has 0 bridgehead atoms. The first-order chi connectivity index (χ1) is 8.62. The van der Waals surface area contributed by atoms with Crippen LogP contribution in [0.3, 0.4) is 0 Å².